The average molecular weight is 308 g/mol. The number of benzene rings is 1. The van der Waals surface area contributed by atoms with Crippen molar-refractivity contribution >= 4 is 16.7 Å². The quantitative estimate of drug-likeness (QED) is 0.839. The molecule has 1 aromatic carbocycles. The van der Waals surface area contributed by atoms with Gasteiger partial charge in [0.05, 0.1) is 6.17 Å². The van der Waals surface area contributed by atoms with E-state index in [0.29, 0.717) is 18.1 Å². The van der Waals surface area contributed by atoms with Crippen LogP contribution >= 0.6 is 0 Å². The van der Waals surface area contributed by atoms with Crippen LogP contribution in [-0.2, 0) is 15.6 Å². The van der Waals surface area contributed by atoms with E-state index < -0.39 is 10.8 Å². The van der Waals surface area contributed by atoms with Gasteiger partial charge in [0.25, 0.3) is 0 Å². The van der Waals surface area contributed by atoms with Crippen LogP contribution < -0.4 is 5.32 Å². The van der Waals surface area contributed by atoms with Crippen molar-refractivity contribution in [2.24, 2.45) is 0 Å². The standard InChI is InChI=1S/C16H24N2O2S/c1-3-8-14-17-15(13-9-6-5-7-10-13)16(19)18(14)11-12-21(20)4-2/h5-7,9-10,14-15,17H,3-4,8,11-12H2,1-2H3. The molecule has 1 fully saturated rings. The van der Waals surface area contributed by atoms with E-state index in [-0.39, 0.29) is 18.1 Å². The maximum atomic E-state index is 12.7. The first kappa shape index (κ1) is 16.2. The van der Waals surface area contributed by atoms with E-state index in [1.54, 1.807) is 0 Å². The Morgan fingerprint density at radius 3 is 2.57 bits per heavy atom. The van der Waals surface area contributed by atoms with Crippen LogP contribution in [0.3, 0.4) is 0 Å². The smallest absolute Gasteiger partial charge is 0.245 e. The van der Waals surface area contributed by atoms with Gasteiger partial charge in [-0.2, -0.15) is 0 Å². The van der Waals surface area contributed by atoms with Crippen molar-refractivity contribution in [2.45, 2.75) is 38.9 Å². The molecule has 0 spiro atoms. The summed E-state index contributed by atoms with van der Waals surface area (Å²) in [6, 6.07) is 9.55. The minimum Gasteiger partial charge on any atom is -0.325 e. The molecule has 1 aliphatic rings. The van der Waals surface area contributed by atoms with Gasteiger partial charge < -0.3 is 4.90 Å². The van der Waals surface area contributed by atoms with Gasteiger partial charge in [-0.05, 0) is 12.0 Å². The number of hydrogen-bond acceptors (Lipinski definition) is 3. The van der Waals surface area contributed by atoms with Crippen molar-refractivity contribution in [2.75, 3.05) is 18.1 Å². The summed E-state index contributed by atoms with van der Waals surface area (Å²) in [6.07, 6.45) is 2.00. The van der Waals surface area contributed by atoms with Crippen LogP contribution in [0.5, 0.6) is 0 Å². The van der Waals surface area contributed by atoms with Crippen LogP contribution in [0.25, 0.3) is 0 Å². The summed E-state index contributed by atoms with van der Waals surface area (Å²) in [5.41, 5.74) is 1.00. The van der Waals surface area contributed by atoms with Crippen molar-refractivity contribution in [3.05, 3.63) is 35.9 Å². The zero-order valence-electron chi connectivity index (χ0n) is 12.7. The lowest BCUT2D eigenvalue weighted by Crippen LogP contribution is -2.39. The van der Waals surface area contributed by atoms with Crippen LogP contribution in [-0.4, -0.2) is 39.2 Å². The Balaban J connectivity index is 2.10. The third kappa shape index (κ3) is 3.92. The number of hydrogen-bond donors (Lipinski definition) is 1. The molecule has 0 aliphatic carbocycles. The fraction of sp³-hybridized carbons (Fsp3) is 0.562. The Kier molecular flexibility index (Phi) is 5.94. The molecule has 3 unspecified atom stereocenters. The number of carbonyl (C=O) groups is 1. The normalized spacial score (nSPS) is 23.5. The van der Waals surface area contributed by atoms with Crippen molar-refractivity contribution in [3.8, 4) is 0 Å². The first-order valence-electron chi connectivity index (χ1n) is 7.63. The second-order valence-corrected chi connectivity index (χ2v) is 7.14. The van der Waals surface area contributed by atoms with Gasteiger partial charge in [-0.3, -0.25) is 14.3 Å². The highest BCUT2D eigenvalue weighted by molar-refractivity contribution is 7.84. The van der Waals surface area contributed by atoms with E-state index in [4.69, 9.17) is 0 Å². The van der Waals surface area contributed by atoms with Gasteiger partial charge >= 0.3 is 0 Å². The maximum Gasteiger partial charge on any atom is 0.245 e. The van der Waals surface area contributed by atoms with Crippen molar-refractivity contribution < 1.29 is 9.00 Å². The predicted octanol–water partition coefficient (Wildman–Crippen LogP) is 2.05. The predicted molar refractivity (Wildman–Crippen MR) is 86.3 cm³/mol. The molecule has 4 nitrogen and oxygen atoms in total. The minimum atomic E-state index is -0.834. The Morgan fingerprint density at radius 1 is 1.24 bits per heavy atom. The highest BCUT2D eigenvalue weighted by Gasteiger charge is 2.38. The van der Waals surface area contributed by atoms with E-state index in [1.165, 1.54) is 0 Å². The van der Waals surface area contributed by atoms with Gasteiger partial charge in [0.1, 0.15) is 6.04 Å². The summed E-state index contributed by atoms with van der Waals surface area (Å²) in [4.78, 5) is 14.5. The molecule has 5 heteroatoms. The lowest BCUT2D eigenvalue weighted by atomic mass is 10.1. The fourth-order valence-corrected chi connectivity index (χ4v) is 3.37. The van der Waals surface area contributed by atoms with Gasteiger partial charge in [-0.1, -0.05) is 50.6 Å². The molecular weight excluding hydrogens is 284 g/mol. The fourth-order valence-electron chi connectivity index (χ4n) is 2.68. The first-order chi connectivity index (χ1) is 10.2. The van der Waals surface area contributed by atoms with Crippen LogP contribution in [0.4, 0.5) is 0 Å². The summed E-state index contributed by atoms with van der Waals surface area (Å²) in [5, 5.41) is 3.43. The summed E-state index contributed by atoms with van der Waals surface area (Å²) in [7, 11) is -0.834. The summed E-state index contributed by atoms with van der Waals surface area (Å²) >= 11 is 0. The monoisotopic (exact) mass is 308 g/mol. The second-order valence-electron chi connectivity index (χ2n) is 5.28. The second kappa shape index (κ2) is 7.71. The zero-order valence-corrected chi connectivity index (χ0v) is 13.6. The molecule has 2 rings (SSSR count). The first-order valence-corrected chi connectivity index (χ1v) is 9.12. The van der Waals surface area contributed by atoms with Crippen molar-refractivity contribution in [1.82, 2.24) is 10.2 Å². The largest absolute Gasteiger partial charge is 0.325 e. The molecule has 0 aromatic heterocycles. The van der Waals surface area contributed by atoms with E-state index >= 15 is 0 Å². The molecular formula is C16H24N2O2S. The summed E-state index contributed by atoms with van der Waals surface area (Å²) in [5.74, 6) is 1.31. The molecule has 1 amide bonds. The lowest BCUT2D eigenvalue weighted by molar-refractivity contribution is -0.129. The number of nitrogens with zero attached hydrogens (tertiary/aromatic N) is 1. The average Bonchev–Trinajstić information content (AvgIpc) is 2.82. The van der Waals surface area contributed by atoms with Crippen molar-refractivity contribution in [1.29, 1.82) is 0 Å². The molecule has 0 radical (unpaired) electrons. The topological polar surface area (TPSA) is 49.4 Å². The Bertz CT molecular complexity index is 492. The van der Waals surface area contributed by atoms with Gasteiger partial charge in [-0.25, -0.2) is 0 Å². The Morgan fingerprint density at radius 2 is 1.95 bits per heavy atom. The Hall–Kier alpha value is -1.20. The van der Waals surface area contributed by atoms with Gasteiger partial charge in [0.15, 0.2) is 0 Å². The van der Waals surface area contributed by atoms with Crippen LogP contribution in [0.15, 0.2) is 30.3 Å². The van der Waals surface area contributed by atoms with Gasteiger partial charge in [0.2, 0.25) is 5.91 Å². The summed E-state index contributed by atoms with van der Waals surface area (Å²) < 4.78 is 11.6. The van der Waals surface area contributed by atoms with E-state index in [9.17, 15) is 9.00 Å². The SMILES string of the molecule is CCCC1NC(c2ccccc2)C(=O)N1CCS(=O)CC. The molecule has 1 aromatic rings. The number of rotatable bonds is 7. The van der Waals surface area contributed by atoms with Crippen LogP contribution in [0.2, 0.25) is 0 Å². The van der Waals surface area contributed by atoms with Crippen molar-refractivity contribution in [3.63, 3.8) is 0 Å². The minimum absolute atomic E-state index is 0.0570. The highest BCUT2D eigenvalue weighted by Crippen LogP contribution is 2.25. The zero-order chi connectivity index (χ0) is 15.2. The molecule has 116 valence electrons. The molecule has 1 N–H and O–H groups in total. The highest BCUT2D eigenvalue weighted by atomic mass is 32.2. The third-order valence-electron chi connectivity index (χ3n) is 3.84. The summed E-state index contributed by atoms with van der Waals surface area (Å²) in [6.45, 7) is 4.60. The Labute approximate surface area is 129 Å². The van der Waals surface area contributed by atoms with Crippen LogP contribution in [0.1, 0.15) is 38.3 Å². The lowest BCUT2D eigenvalue weighted by Gasteiger charge is -2.23. The van der Waals surface area contributed by atoms with Gasteiger partial charge in [-0.15, -0.1) is 0 Å². The van der Waals surface area contributed by atoms with Gasteiger partial charge in [0, 0.05) is 28.9 Å². The number of amides is 1. The van der Waals surface area contributed by atoms with Crippen LogP contribution in [0, 0.1) is 0 Å². The molecule has 1 aliphatic heterocycles. The molecule has 0 saturated carbocycles. The van der Waals surface area contributed by atoms with E-state index in [0.717, 1.165) is 18.4 Å². The molecule has 21 heavy (non-hydrogen) atoms. The maximum absolute atomic E-state index is 12.7. The van der Waals surface area contributed by atoms with E-state index in [1.807, 2.05) is 42.2 Å². The molecule has 1 heterocycles. The number of nitrogens with one attached hydrogen (secondary N) is 1. The van der Waals surface area contributed by atoms with E-state index in [2.05, 4.69) is 12.2 Å². The third-order valence-corrected chi connectivity index (χ3v) is 5.12. The molecule has 0 bridgehead atoms. The molecule has 1 saturated heterocycles. The number of carbonyl (C=O) groups excluding carboxylic acids is 1. The molecule has 3 atom stereocenters.